The molecule has 0 atom stereocenters. The number of pyridine rings is 1. The highest BCUT2D eigenvalue weighted by atomic mass is 127. The standard InChI is InChI=1S/C15H19IN4/c1-8-6-10(7-9(2)18-8)14-19-12(15(3,4)5)11(16)13(17)20-14/h6-7H,1-5H3,(H2,17,19,20). The van der Waals surface area contributed by atoms with Crippen LogP contribution in [0, 0.1) is 17.4 Å². The van der Waals surface area contributed by atoms with E-state index in [1.807, 2.05) is 26.0 Å². The van der Waals surface area contributed by atoms with E-state index in [1.54, 1.807) is 0 Å². The molecule has 2 aromatic heterocycles. The Balaban J connectivity index is 2.67. The van der Waals surface area contributed by atoms with Crippen LogP contribution in [0.15, 0.2) is 12.1 Å². The van der Waals surface area contributed by atoms with E-state index in [0.29, 0.717) is 11.6 Å². The van der Waals surface area contributed by atoms with Gasteiger partial charge in [0, 0.05) is 22.4 Å². The molecule has 0 unspecified atom stereocenters. The van der Waals surface area contributed by atoms with Crippen LogP contribution in [0.25, 0.3) is 11.4 Å². The molecule has 0 fully saturated rings. The van der Waals surface area contributed by atoms with Gasteiger partial charge >= 0.3 is 0 Å². The third kappa shape index (κ3) is 3.08. The molecule has 2 heterocycles. The number of anilines is 1. The fourth-order valence-electron chi connectivity index (χ4n) is 2.05. The van der Waals surface area contributed by atoms with Crippen LogP contribution in [-0.2, 0) is 5.41 Å². The van der Waals surface area contributed by atoms with E-state index in [1.165, 1.54) is 0 Å². The predicted octanol–water partition coefficient (Wildman–Crippen LogP) is 3.64. The minimum atomic E-state index is -0.0700. The van der Waals surface area contributed by atoms with Gasteiger partial charge in [0.1, 0.15) is 5.82 Å². The van der Waals surface area contributed by atoms with Crippen molar-refractivity contribution < 1.29 is 0 Å². The summed E-state index contributed by atoms with van der Waals surface area (Å²) in [6.07, 6.45) is 0. The van der Waals surface area contributed by atoms with Crippen LogP contribution in [0.4, 0.5) is 5.82 Å². The monoisotopic (exact) mass is 382 g/mol. The number of halogens is 1. The molecule has 0 aromatic carbocycles. The maximum Gasteiger partial charge on any atom is 0.161 e. The Morgan fingerprint density at radius 3 is 2.05 bits per heavy atom. The fraction of sp³-hybridized carbons (Fsp3) is 0.400. The lowest BCUT2D eigenvalue weighted by Gasteiger charge is -2.21. The molecule has 0 amide bonds. The van der Waals surface area contributed by atoms with Gasteiger partial charge in [-0.1, -0.05) is 20.8 Å². The molecular weight excluding hydrogens is 363 g/mol. The normalized spacial score (nSPS) is 11.7. The molecule has 2 aromatic rings. The second kappa shape index (κ2) is 5.27. The highest BCUT2D eigenvalue weighted by Gasteiger charge is 2.22. The molecule has 5 heteroatoms. The molecule has 0 aliphatic carbocycles. The third-order valence-electron chi connectivity index (χ3n) is 2.93. The smallest absolute Gasteiger partial charge is 0.161 e. The SMILES string of the molecule is Cc1cc(-c2nc(N)c(I)c(C(C)(C)C)n2)cc(C)n1. The molecule has 0 aliphatic rings. The molecule has 20 heavy (non-hydrogen) atoms. The summed E-state index contributed by atoms with van der Waals surface area (Å²) in [5, 5.41) is 0. The van der Waals surface area contributed by atoms with Crippen LogP contribution < -0.4 is 5.73 Å². The van der Waals surface area contributed by atoms with Crippen LogP contribution in [0.3, 0.4) is 0 Å². The van der Waals surface area contributed by atoms with Crippen molar-refractivity contribution in [2.24, 2.45) is 0 Å². The minimum absolute atomic E-state index is 0.0700. The molecule has 0 radical (unpaired) electrons. The summed E-state index contributed by atoms with van der Waals surface area (Å²) in [7, 11) is 0. The molecule has 4 nitrogen and oxygen atoms in total. The molecule has 0 saturated heterocycles. The van der Waals surface area contributed by atoms with Gasteiger partial charge < -0.3 is 5.73 Å². The molecule has 0 aliphatic heterocycles. The summed E-state index contributed by atoms with van der Waals surface area (Å²) < 4.78 is 0.932. The highest BCUT2D eigenvalue weighted by molar-refractivity contribution is 14.1. The predicted molar refractivity (Wildman–Crippen MR) is 90.6 cm³/mol. The van der Waals surface area contributed by atoms with Crippen molar-refractivity contribution in [3.63, 3.8) is 0 Å². The zero-order valence-corrected chi connectivity index (χ0v) is 14.6. The Hall–Kier alpha value is -1.24. The van der Waals surface area contributed by atoms with Gasteiger partial charge in [0.2, 0.25) is 0 Å². The first-order valence-corrected chi connectivity index (χ1v) is 7.55. The second-order valence-corrected chi connectivity index (χ2v) is 7.06. The summed E-state index contributed by atoms with van der Waals surface area (Å²) in [4.78, 5) is 13.5. The van der Waals surface area contributed by atoms with Crippen molar-refractivity contribution in [3.8, 4) is 11.4 Å². The van der Waals surface area contributed by atoms with E-state index in [9.17, 15) is 0 Å². The zero-order valence-electron chi connectivity index (χ0n) is 12.5. The van der Waals surface area contributed by atoms with E-state index in [0.717, 1.165) is 26.2 Å². The van der Waals surface area contributed by atoms with Crippen molar-refractivity contribution in [2.75, 3.05) is 5.73 Å². The number of nitrogen functional groups attached to an aromatic ring is 1. The van der Waals surface area contributed by atoms with E-state index >= 15 is 0 Å². The lowest BCUT2D eigenvalue weighted by Crippen LogP contribution is -2.18. The Morgan fingerprint density at radius 1 is 1.00 bits per heavy atom. The first-order chi connectivity index (χ1) is 9.18. The second-order valence-electron chi connectivity index (χ2n) is 5.98. The van der Waals surface area contributed by atoms with Crippen LogP contribution in [-0.4, -0.2) is 15.0 Å². The van der Waals surface area contributed by atoms with Gasteiger partial charge in [-0.15, -0.1) is 0 Å². The van der Waals surface area contributed by atoms with Crippen molar-refractivity contribution in [1.82, 2.24) is 15.0 Å². The molecular formula is C15H19IN4. The van der Waals surface area contributed by atoms with Gasteiger partial charge in [0.25, 0.3) is 0 Å². The Labute approximate surface area is 133 Å². The van der Waals surface area contributed by atoms with Crippen molar-refractivity contribution in [1.29, 1.82) is 0 Å². The number of hydrogen-bond donors (Lipinski definition) is 1. The van der Waals surface area contributed by atoms with E-state index < -0.39 is 0 Å². The summed E-state index contributed by atoms with van der Waals surface area (Å²) in [6, 6.07) is 3.97. The summed E-state index contributed by atoms with van der Waals surface area (Å²) in [5.74, 6) is 1.20. The summed E-state index contributed by atoms with van der Waals surface area (Å²) in [5.41, 5.74) is 9.84. The summed E-state index contributed by atoms with van der Waals surface area (Å²) in [6.45, 7) is 10.3. The van der Waals surface area contributed by atoms with E-state index in [2.05, 4.69) is 53.3 Å². The lowest BCUT2D eigenvalue weighted by atomic mass is 9.92. The molecule has 0 saturated carbocycles. The average Bonchev–Trinajstić information content (AvgIpc) is 2.29. The number of hydrogen-bond acceptors (Lipinski definition) is 4. The zero-order chi connectivity index (χ0) is 15.1. The Kier molecular flexibility index (Phi) is 4.00. The number of rotatable bonds is 1. The molecule has 106 valence electrons. The summed E-state index contributed by atoms with van der Waals surface area (Å²) >= 11 is 2.22. The first kappa shape index (κ1) is 15.2. The van der Waals surface area contributed by atoms with Gasteiger partial charge in [0.05, 0.1) is 9.26 Å². The third-order valence-corrected chi connectivity index (χ3v) is 3.99. The average molecular weight is 382 g/mol. The molecule has 2 rings (SSSR count). The van der Waals surface area contributed by atoms with E-state index in [-0.39, 0.29) is 5.41 Å². The maximum absolute atomic E-state index is 6.06. The number of nitrogens with two attached hydrogens (primary N) is 1. The van der Waals surface area contributed by atoms with Crippen molar-refractivity contribution in [3.05, 3.63) is 32.8 Å². The number of nitrogens with zero attached hydrogens (tertiary/aromatic N) is 3. The van der Waals surface area contributed by atoms with Gasteiger partial charge in [-0.3, -0.25) is 4.98 Å². The number of aromatic nitrogens is 3. The largest absolute Gasteiger partial charge is 0.383 e. The minimum Gasteiger partial charge on any atom is -0.383 e. The van der Waals surface area contributed by atoms with Crippen LogP contribution >= 0.6 is 22.6 Å². The number of aryl methyl sites for hydroxylation is 2. The van der Waals surface area contributed by atoms with Gasteiger partial charge in [-0.25, -0.2) is 9.97 Å². The van der Waals surface area contributed by atoms with Gasteiger partial charge in [-0.05, 0) is 48.6 Å². The lowest BCUT2D eigenvalue weighted by molar-refractivity contribution is 0.564. The quantitative estimate of drug-likeness (QED) is 0.765. The highest BCUT2D eigenvalue weighted by Crippen LogP contribution is 2.30. The van der Waals surface area contributed by atoms with Crippen molar-refractivity contribution in [2.45, 2.75) is 40.0 Å². The molecule has 0 spiro atoms. The Bertz CT molecular complexity index is 639. The van der Waals surface area contributed by atoms with E-state index in [4.69, 9.17) is 10.7 Å². The van der Waals surface area contributed by atoms with Crippen molar-refractivity contribution >= 4 is 28.4 Å². The maximum atomic E-state index is 6.06. The first-order valence-electron chi connectivity index (χ1n) is 6.47. The van der Waals surface area contributed by atoms with Gasteiger partial charge in [0.15, 0.2) is 5.82 Å². The molecule has 2 N–H and O–H groups in total. The molecule has 0 bridgehead atoms. The fourth-order valence-corrected chi connectivity index (χ4v) is 3.10. The van der Waals surface area contributed by atoms with Gasteiger partial charge in [-0.2, -0.15) is 0 Å². The van der Waals surface area contributed by atoms with Crippen LogP contribution in [0.5, 0.6) is 0 Å². The van der Waals surface area contributed by atoms with Crippen LogP contribution in [0.1, 0.15) is 37.9 Å². The topological polar surface area (TPSA) is 64.7 Å². The van der Waals surface area contributed by atoms with Crippen LogP contribution in [0.2, 0.25) is 0 Å². The Morgan fingerprint density at radius 2 is 1.55 bits per heavy atom.